The molecule has 0 saturated carbocycles. The Morgan fingerprint density at radius 3 is 1.39 bits per heavy atom. The molecule has 16 nitrogen and oxygen atoms in total. The number of ketones is 1. The molecule has 0 radical (unpaired) electrons. The van der Waals surface area contributed by atoms with Crippen molar-refractivity contribution in [3.63, 3.8) is 0 Å². The highest BCUT2D eigenvalue weighted by Crippen LogP contribution is 2.38. The molecule has 12 rings (SSSR count). The fourth-order valence-corrected chi connectivity index (χ4v) is 9.88. The third kappa shape index (κ3) is 15.5. The number of aromatic nitrogens is 6. The van der Waals surface area contributed by atoms with Crippen LogP contribution in [0.5, 0.6) is 0 Å². The van der Waals surface area contributed by atoms with Gasteiger partial charge in [0.1, 0.15) is 22.7 Å². The predicted octanol–water partition coefficient (Wildman–Crippen LogP) is 13.1. The Bertz CT molecular complexity index is 4070. The van der Waals surface area contributed by atoms with Gasteiger partial charge in [0, 0.05) is 166 Å². The number of carboxylic acids is 1. The number of allylic oxidation sites excluding steroid dienone is 1. The molecule has 10 heterocycles. The van der Waals surface area contributed by atoms with Crippen molar-refractivity contribution in [1.29, 1.82) is 0 Å². The number of nitrogens with two attached hydrogens (primary N) is 1. The smallest absolute Gasteiger partial charge is 0.328 e. The highest BCUT2D eigenvalue weighted by molar-refractivity contribution is 5.99. The maximum atomic E-state index is 13.5. The Morgan fingerprint density at radius 2 is 0.977 bits per heavy atom. The van der Waals surface area contributed by atoms with Crippen LogP contribution in [0.1, 0.15) is 75.5 Å². The predicted molar refractivity (Wildman–Crippen MR) is 321 cm³/mol. The number of alkyl halides is 4. The summed E-state index contributed by atoms with van der Waals surface area (Å²) in [6.45, 7) is 0.424. The van der Waals surface area contributed by atoms with Gasteiger partial charge in [-0.05, 0) is 138 Å². The topological polar surface area (TPSA) is 225 Å². The van der Waals surface area contributed by atoms with E-state index in [1.54, 1.807) is 98.1 Å². The van der Waals surface area contributed by atoms with E-state index in [-0.39, 0.29) is 76.0 Å². The number of nitrogens with zero attached hydrogens (tertiary/aromatic N) is 8. The van der Waals surface area contributed by atoms with Crippen molar-refractivity contribution in [2.24, 2.45) is 5.73 Å². The van der Waals surface area contributed by atoms with Gasteiger partial charge < -0.3 is 29.5 Å². The molecular weight excluding hydrogens is 1120 g/mol. The van der Waals surface area contributed by atoms with Crippen LogP contribution in [0.25, 0.3) is 78.9 Å². The van der Waals surface area contributed by atoms with Crippen LogP contribution in [-0.2, 0) is 22.6 Å². The number of aryl methyl sites for hydroxylation is 1. The lowest BCUT2D eigenvalue weighted by Gasteiger charge is -2.31. The van der Waals surface area contributed by atoms with Crippen molar-refractivity contribution in [3.8, 4) is 44.8 Å². The number of carboxylic acid groups (broad SMARTS) is 1. The number of piperidine rings is 2. The lowest BCUT2D eigenvalue weighted by Crippen LogP contribution is -2.42. The number of amides is 2. The van der Waals surface area contributed by atoms with Crippen molar-refractivity contribution in [2.45, 2.75) is 56.9 Å². The number of carbonyl (C=O) groups excluding carboxylic acids is 3. The molecule has 2 aromatic carbocycles. The summed E-state index contributed by atoms with van der Waals surface area (Å²) in [6, 6.07) is 33.5. The minimum Gasteiger partial charge on any atom is -0.478 e. The van der Waals surface area contributed by atoms with E-state index >= 15 is 0 Å². The van der Waals surface area contributed by atoms with Gasteiger partial charge >= 0.3 is 5.97 Å². The van der Waals surface area contributed by atoms with E-state index < -0.39 is 17.8 Å². The molecule has 87 heavy (non-hydrogen) atoms. The third-order valence-corrected chi connectivity index (χ3v) is 14.6. The molecule has 0 unspecified atom stereocenters. The summed E-state index contributed by atoms with van der Waals surface area (Å²) < 4.78 is 66.1. The number of likely N-dealkylation sites (tertiary alicyclic amines) is 2. The van der Waals surface area contributed by atoms with Crippen LogP contribution in [0.15, 0.2) is 192 Å². The zero-order chi connectivity index (χ0) is 60.9. The second-order valence-electron chi connectivity index (χ2n) is 20.7. The van der Waals surface area contributed by atoms with Gasteiger partial charge in [-0.1, -0.05) is 12.1 Å². The Kier molecular flexibility index (Phi) is 18.7. The van der Waals surface area contributed by atoms with Crippen LogP contribution < -0.4 is 5.73 Å². The highest BCUT2D eigenvalue weighted by Gasteiger charge is 2.37. The number of fused-ring (bicyclic) bond motifs is 2. The van der Waals surface area contributed by atoms with Gasteiger partial charge in [-0.25, -0.2) is 22.4 Å². The molecule has 0 atom stereocenters. The number of benzene rings is 2. The van der Waals surface area contributed by atoms with Gasteiger partial charge in [-0.15, -0.1) is 0 Å². The van der Waals surface area contributed by atoms with E-state index in [1.165, 1.54) is 28.3 Å². The summed E-state index contributed by atoms with van der Waals surface area (Å²) in [5.74, 6) is -5.59. The largest absolute Gasteiger partial charge is 0.478 e. The summed E-state index contributed by atoms with van der Waals surface area (Å²) in [4.78, 5) is 76.2. The van der Waals surface area contributed by atoms with Crippen LogP contribution in [0.4, 0.5) is 17.6 Å². The Morgan fingerprint density at radius 1 is 0.529 bits per heavy atom. The number of carbonyl (C=O) groups is 4. The van der Waals surface area contributed by atoms with Gasteiger partial charge in [0.05, 0.1) is 29.1 Å². The van der Waals surface area contributed by atoms with Gasteiger partial charge in [-0.2, -0.15) is 0 Å². The lowest BCUT2D eigenvalue weighted by molar-refractivity contribution is -0.131. The van der Waals surface area contributed by atoms with E-state index in [0.717, 1.165) is 66.9 Å². The van der Waals surface area contributed by atoms with Gasteiger partial charge in [0.2, 0.25) is 0 Å². The van der Waals surface area contributed by atoms with Crippen LogP contribution in [-0.4, -0.2) is 106 Å². The van der Waals surface area contributed by atoms with Crippen molar-refractivity contribution in [3.05, 3.63) is 217 Å². The summed E-state index contributed by atoms with van der Waals surface area (Å²) in [5.41, 5.74) is 16.2. The Labute approximate surface area is 496 Å². The maximum Gasteiger partial charge on any atom is 0.328 e. The first kappa shape index (κ1) is 59.8. The summed E-state index contributed by atoms with van der Waals surface area (Å²) in [5, 5.41) is 10.0. The van der Waals surface area contributed by atoms with Crippen molar-refractivity contribution >= 4 is 57.7 Å². The second-order valence-corrected chi connectivity index (χ2v) is 20.7. The number of rotatable bonds is 14. The van der Waals surface area contributed by atoms with Crippen LogP contribution in [0, 0.1) is 0 Å². The van der Waals surface area contributed by atoms with Crippen LogP contribution >= 0.6 is 0 Å². The molecule has 20 heteroatoms. The van der Waals surface area contributed by atoms with E-state index in [1.807, 2.05) is 72.8 Å². The van der Waals surface area contributed by atoms with Gasteiger partial charge in [0.25, 0.3) is 23.7 Å². The molecule has 440 valence electrons. The quantitative estimate of drug-likeness (QED) is 0.0763. The van der Waals surface area contributed by atoms with Gasteiger partial charge in [-0.3, -0.25) is 44.3 Å². The van der Waals surface area contributed by atoms with Crippen molar-refractivity contribution in [1.82, 2.24) is 39.7 Å². The minimum atomic E-state index is -2.72. The molecule has 0 spiro atoms. The number of furan rings is 2. The van der Waals surface area contributed by atoms with E-state index in [0.29, 0.717) is 52.5 Å². The standard InChI is InChI=1S/C34H28F2N4O3.C25H22F2N4O2.C8H7NO2/c35-34(36)11-16-40(17-12-34)33(42)25-4-8-31(39-22-25)26-18-27-19-29(7-6-28(41)5-3-23-2-1-13-38-21-23)43-32(27)30(20-26)24-9-14-37-15-10-24;26-25(27)5-9-31(10-6-25)24(32)17-1-2-22(30-15-17)18-11-19-12-20(14-28)33-23(19)21(13-18)16-3-7-29-8-4-16;10-8(11)4-3-7-2-1-5-9-6-7/h1-5,8-10,13-15,18-22H,6-7,11-12,16-17H2;1-4,7-8,11-13,15H,5-6,9-10,14,28H2;1-6H,(H,10,11)/b5-3+;;4-3+. The van der Waals surface area contributed by atoms with E-state index in [4.69, 9.17) is 19.7 Å². The van der Waals surface area contributed by atoms with E-state index in [9.17, 15) is 36.7 Å². The van der Waals surface area contributed by atoms with Gasteiger partial charge in [0.15, 0.2) is 5.78 Å². The maximum absolute atomic E-state index is 13.5. The Balaban J connectivity index is 0.000000168. The molecule has 3 N–H and O–H groups in total. The van der Waals surface area contributed by atoms with Crippen LogP contribution in [0.3, 0.4) is 0 Å². The summed E-state index contributed by atoms with van der Waals surface area (Å²) >= 11 is 0. The average Bonchev–Trinajstić information content (AvgIpc) is 2.89. The first-order valence-electron chi connectivity index (χ1n) is 27.9. The molecule has 0 aliphatic carbocycles. The molecule has 2 amide bonds. The molecule has 0 bridgehead atoms. The molecule has 2 aliphatic heterocycles. The zero-order valence-electron chi connectivity index (χ0n) is 46.8. The molecular formula is C67H57F4N9O7. The molecule has 2 fully saturated rings. The van der Waals surface area contributed by atoms with Crippen LogP contribution in [0.2, 0.25) is 0 Å². The first-order chi connectivity index (χ1) is 42.1. The number of hydrogen-bond acceptors (Lipinski definition) is 13. The third-order valence-electron chi connectivity index (χ3n) is 14.6. The second kappa shape index (κ2) is 27.1. The normalized spacial score (nSPS) is 14.5. The fourth-order valence-electron chi connectivity index (χ4n) is 9.88. The summed E-state index contributed by atoms with van der Waals surface area (Å²) in [7, 11) is 0. The molecule has 2 aliphatic rings. The fraction of sp³-hybridized carbons (Fsp3) is 0.194. The highest BCUT2D eigenvalue weighted by atomic mass is 19.3. The summed E-state index contributed by atoms with van der Waals surface area (Å²) in [6.07, 6.45) is 21.8. The lowest BCUT2D eigenvalue weighted by atomic mass is 9.99. The first-order valence-corrected chi connectivity index (χ1v) is 27.9. The average molecular weight is 1180 g/mol. The zero-order valence-corrected chi connectivity index (χ0v) is 46.8. The Hall–Kier alpha value is -10.3. The number of halogens is 4. The monoisotopic (exact) mass is 1180 g/mol. The SMILES string of the molecule is NCc1cc2cc(-c3ccc(C(=O)N4CCC(F)(F)CC4)cn3)cc(-c3ccncc3)c2o1.O=C(/C=C/c1cccnc1)CCc1cc2cc(-c3ccc(C(=O)N4CCC(F)(F)CC4)cn3)cc(-c3ccncc3)c2o1.O=C(O)/C=C/c1cccnc1. The minimum absolute atomic E-state index is 0.0172. The van der Waals surface area contributed by atoms with E-state index in [2.05, 4.69) is 29.9 Å². The number of aliphatic carboxylic acids is 1. The van der Waals surface area contributed by atoms with Crippen molar-refractivity contribution in [2.75, 3.05) is 26.2 Å². The number of pyridine rings is 6. The number of hydrogen-bond donors (Lipinski definition) is 2. The van der Waals surface area contributed by atoms with Crippen molar-refractivity contribution < 1.29 is 50.7 Å². The molecule has 8 aromatic heterocycles. The molecule has 10 aromatic rings. The molecule has 2 saturated heterocycles.